The largest absolute Gasteiger partial charge is 0.364 e. The van der Waals surface area contributed by atoms with E-state index >= 15 is 0 Å². The summed E-state index contributed by atoms with van der Waals surface area (Å²) in [5.41, 5.74) is 6.85. The van der Waals surface area contributed by atoms with Crippen LogP contribution in [-0.2, 0) is 18.6 Å². The molecule has 5 heteroatoms. The van der Waals surface area contributed by atoms with Gasteiger partial charge in [-0.15, -0.1) is 0 Å². The average Bonchev–Trinajstić information content (AvgIpc) is 3.54. The molecule has 0 unspecified atom stereocenters. The molecule has 0 spiro atoms. The second-order valence-corrected chi connectivity index (χ2v) is 12.4. The number of para-hydroxylation sites is 1. The highest BCUT2D eigenvalue weighted by molar-refractivity contribution is 6.07. The van der Waals surface area contributed by atoms with Gasteiger partial charge in [0.15, 0.2) is 0 Å². The molecular formula is C43H36N4O. The summed E-state index contributed by atoms with van der Waals surface area (Å²) in [6, 6.07) is 54.6. The van der Waals surface area contributed by atoms with Crippen molar-refractivity contribution in [2.24, 2.45) is 0 Å². The minimum Gasteiger partial charge on any atom is -0.364 e. The molecule has 2 heterocycles. The smallest absolute Gasteiger partial charge is 0.254 e. The number of hydrogen-bond acceptors (Lipinski definition) is 3. The number of amides is 1. The molecule has 1 aromatic heterocycles. The number of anilines is 1. The van der Waals surface area contributed by atoms with E-state index in [-0.39, 0.29) is 5.91 Å². The van der Waals surface area contributed by atoms with Crippen LogP contribution in [0.15, 0.2) is 170 Å². The molecule has 7 aromatic rings. The van der Waals surface area contributed by atoms with Crippen molar-refractivity contribution < 1.29 is 4.79 Å². The highest BCUT2D eigenvalue weighted by atomic mass is 16.2. The van der Waals surface area contributed by atoms with Crippen LogP contribution in [0.5, 0.6) is 0 Å². The summed E-state index contributed by atoms with van der Waals surface area (Å²) in [6.45, 7) is 2.48. The van der Waals surface area contributed by atoms with Gasteiger partial charge in [-0.3, -0.25) is 4.79 Å². The Kier molecular flexibility index (Phi) is 7.79. The van der Waals surface area contributed by atoms with E-state index in [0.29, 0.717) is 26.2 Å². The standard InChI is InChI=1S/C43H36N4O/c48-42(40-25-14-17-33-15-10-12-24-39(33)40)46-28-27-45(41-26-13-11-16-34(41)29-46)30-38-31-47(32-44-38)43(35-18-4-1-5-19-35,36-20-6-2-7-21-36)37-22-8-3-9-23-37/h1-26,31-32H,27-30H2. The van der Waals surface area contributed by atoms with Crippen LogP contribution in [0.25, 0.3) is 10.8 Å². The maximum atomic E-state index is 14.1. The number of carbonyl (C=O) groups is 1. The lowest BCUT2D eigenvalue weighted by Crippen LogP contribution is -2.37. The highest BCUT2D eigenvalue weighted by Crippen LogP contribution is 2.41. The van der Waals surface area contributed by atoms with Gasteiger partial charge in [-0.05, 0) is 45.2 Å². The van der Waals surface area contributed by atoms with E-state index in [1.165, 1.54) is 0 Å². The summed E-state index contributed by atoms with van der Waals surface area (Å²) in [7, 11) is 0. The second kappa shape index (κ2) is 12.7. The van der Waals surface area contributed by atoms with Crippen LogP contribution in [0.1, 0.15) is 38.3 Å². The van der Waals surface area contributed by atoms with Crippen molar-refractivity contribution >= 4 is 22.4 Å². The minimum absolute atomic E-state index is 0.0612. The Balaban J connectivity index is 1.15. The normalized spacial score (nSPS) is 13.2. The predicted molar refractivity (Wildman–Crippen MR) is 193 cm³/mol. The summed E-state index contributed by atoms with van der Waals surface area (Å²) in [5, 5.41) is 2.07. The molecule has 0 saturated carbocycles. The van der Waals surface area contributed by atoms with Crippen LogP contribution in [0.3, 0.4) is 0 Å². The van der Waals surface area contributed by atoms with Gasteiger partial charge in [-0.1, -0.05) is 146 Å². The first-order valence-corrected chi connectivity index (χ1v) is 16.5. The van der Waals surface area contributed by atoms with Crippen molar-refractivity contribution in [2.75, 3.05) is 18.0 Å². The topological polar surface area (TPSA) is 41.4 Å². The quantitative estimate of drug-likeness (QED) is 0.167. The average molecular weight is 625 g/mol. The van der Waals surface area contributed by atoms with Crippen LogP contribution in [-0.4, -0.2) is 33.4 Å². The van der Waals surface area contributed by atoms with Gasteiger partial charge in [0.25, 0.3) is 5.91 Å². The van der Waals surface area contributed by atoms with Gasteiger partial charge in [0.05, 0.1) is 18.6 Å². The number of nitrogens with zero attached hydrogens (tertiary/aromatic N) is 4. The number of benzene rings is 6. The third-order valence-corrected chi connectivity index (χ3v) is 9.59. The maximum Gasteiger partial charge on any atom is 0.254 e. The first-order chi connectivity index (χ1) is 23.7. The van der Waals surface area contributed by atoms with E-state index < -0.39 is 5.54 Å². The fraction of sp³-hybridized carbons (Fsp3) is 0.116. The van der Waals surface area contributed by atoms with Crippen molar-refractivity contribution in [3.63, 3.8) is 0 Å². The van der Waals surface area contributed by atoms with Crippen LogP contribution < -0.4 is 4.90 Å². The van der Waals surface area contributed by atoms with Gasteiger partial charge < -0.3 is 14.4 Å². The van der Waals surface area contributed by atoms with Crippen molar-refractivity contribution in [3.05, 3.63) is 204 Å². The molecule has 0 aliphatic carbocycles. The fourth-order valence-corrected chi connectivity index (χ4v) is 7.33. The molecule has 5 nitrogen and oxygen atoms in total. The van der Waals surface area contributed by atoms with E-state index in [9.17, 15) is 4.79 Å². The molecule has 0 bridgehead atoms. The molecule has 1 aliphatic rings. The number of imidazole rings is 1. The van der Waals surface area contributed by atoms with Gasteiger partial charge in [-0.25, -0.2) is 4.98 Å². The van der Waals surface area contributed by atoms with E-state index in [1.54, 1.807) is 0 Å². The molecule has 48 heavy (non-hydrogen) atoms. The fourth-order valence-electron chi connectivity index (χ4n) is 7.33. The number of hydrogen-bond donors (Lipinski definition) is 0. The molecular weight excluding hydrogens is 589 g/mol. The Hall–Kier alpha value is -5.94. The Labute approximate surface area is 281 Å². The lowest BCUT2D eigenvalue weighted by atomic mass is 9.77. The number of carbonyl (C=O) groups excluding carboxylic acids is 1. The SMILES string of the molecule is O=C(c1cccc2ccccc12)N1CCN(Cc2cn(C(c3ccccc3)(c3ccccc3)c3ccccc3)cn2)c2ccccc2C1. The summed E-state index contributed by atoms with van der Waals surface area (Å²) < 4.78 is 2.27. The molecule has 234 valence electrons. The van der Waals surface area contributed by atoms with Gasteiger partial charge in [0.1, 0.15) is 5.54 Å². The molecule has 0 radical (unpaired) electrons. The molecule has 0 fully saturated rings. The zero-order valence-electron chi connectivity index (χ0n) is 26.7. The highest BCUT2D eigenvalue weighted by Gasteiger charge is 2.38. The first kappa shape index (κ1) is 29.5. The third-order valence-electron chi connectivity index (χ3n) is 9.59. The number of fused-ring (bicyclic) bond motifs is 2. The molecule has 0 N–H and O–H groups in total. The van der Waals surface area contributed by atoms with Gasteiger partial charge in [-0.2, -0.15) is 0 Å². The van der Waals surface area contributed by atoms with Crippen molar-refractivity contribution in [1.82, 2.24) is 14.5 Å². The molecule has 0 atom stereocenters. The second-order valence-electron chi connectivity index (χ2n) is 12.4. The zero-order valence-corrected chi connectivity index (χ0v) is 26.7. The first-order valence-electron chi connectivity index (χ1n) is 16.5. The van der Waals surface area contributed by atoms with Gasteiger partial charge >= 0.3 is 0 Å². The summed E-state index contributed by atoms with van der Waals surface area (Å²) in [4.78, 5) is 23.4. The Morgan fingerprint density at radius 1 is 0.625 bits per heavy atom. The van der Waals surface area contributed by atoms with Gasteiger partial charge in [0.2, 0.25) is 0 Å². The van der Waals surface area contributed by atoms with Crippen LogP contribution in [0.2, 0.25) is 0 Å². The zero-order chi connectivity index (χ0) is 32.3. The summed E-state index contributed by atoms with van der Waals surface area (Å²) >= 11 is 0. The van der Waals surface area contributed by atoms with Crippen molar-refractivity contribution in [1.29, 1.82) is 0 Å². The van der Waals surface area contributed by atoms with E-state index in [0.717, 1.165) is 50.0 Å². The van der Waals surface area contributed by atoms with E-state index in [1.807, 2.05) is 41.6 Å². The Bertz CT molecular complexity index is 2070. The van der Waals surface area contributed by atoms with Crippen LogP contribution >= 0.6 is 0 Å². The molecule has 0 saturated heterocycles. The van der Waals surface area contributed by atoms with Crippen LogP contribution in [0.4, 0.5) is 5.69 Å². The number of aromatic nitrogens is 2. The molecule has 6 aromatic carbocycles. The van der Waals surface area contributed by atoms with Crippen molar-refractivity contribution in [2.45, 2.75) is 18.6 Å². The predicted octanol–water partition coefficient (Wildman–Crippen LogP) is 8.54. The van der Waals surface area contributed by atoms with Gasteiger partial charge in [0, 0.05) is 37.1 Å². The third kappa shape index (κ3) is 5.23. The maximum absolute atomic E-state index is 14.1. The lowest BCUT2D eigenvalue weighted by molar-refractivity contribution is 0.0753. The van der Waals surface area contributed by atoms with E-state index in [2.05, 4.69) is 143 Å². The minimum atomic E-state index is -0.618. The Morgan fingerprint density at radius 3 is 1.90 bits per heavy atom. The summed E-state index contributed by atoms with van der Waals surface area (Å²) in [6.07, 6.45) is 4.17. The van der Waals surface area contributed by atoms with Crippen molar-refractivity contribution in [3.8, 4) is 0 Å². The lowest BCUT2D eigenvalue weighted by Gasteiger charge is -2.37. The molecule has 8 rings (SSSR count). The molecule has 1 amide bonds. The van der Waals surface area contributed by atoms with Crippen LogP contribution in [0, 0.1) is 0 Å². The molecule has 1 aliphatic heterocycles. The summed E-state index contributed by atoms with van der Waals surface area (Å²) in [5.74, 6) is 0.0612. The van der Waals surface area contributed by atoms with E-state index in [4.69, 9.17) is 4.98 Å². The number of rotatable bonds is 7. The monoisotopic (exact) mass is 624 g/mol. The Morgan fingerprint density at radius 2 is 1.21 bits per heavy atom.